The molecule has 1 atom stereocenters. The van der Waals surface area contributed by atoms with Gasteiger partial charge in [0, 0.05) is 0 Å². The Morgan fingerprint density at radius 3 is 2.07 bits per heavy atom. The van der Waals surface area contributed by atoms with Gasteiger partial charge in [-0.15, -0.1) is 0 Å². The SMILES string of the molecule is CC[Si](CC)(CC)C1=C2CCC(C2)C1. The number of hydrogen-bond donors (Lipinski definition) is 0. The normalized spacial score (nSPS) is 26.4. The molecule has 0 saturated heterocycles. The summed E-state index contributed by atoms with van der Waals surface area (Å²) in [6.07, 6.45) is 5.98. The van der Waals surface area contributed by atoms with Gasteiger partial charge in [-0.2, -0.15) is 0 Å². The Hall–Kier alpha value is -0.0431. The lowest BCUT2D eigenvalue weighted by molar-refractivity contribution is 0.569. The molecule has 0 aliphatic heterocycles. The molecule has 0 aromatic heterocycles. The van der Waals surface area contributed by atoms with Gasteiger partial charge in [-0.3, -0.25) is 0 Å². The average molecular weight is 208 g/mol. The fourth-order valence-corrected chi connectivity index (χ4v) is 8.27. The van der Waals surface area contributed by atoms with Gasteiger partial charge in [0.15, 0.2) is 0 Å². The van der Waals surface area contributed by atoms with Crippen molar-refractivity contribution in [1.29, 1.82) is 0 Å². The van der Waals surface area contributed by atoms with Gasteiger partial charge >= 0.3 is 0 Å². The van der Waals surface area contributed by atoms with Crippen LogP contribution in [0.5, 0.6) is 0 Å². The van der Waals surface area contributed by atoms with Crippen molar-refractivity contribution < 1.29 is 0 Å². The minimum atomic E-state index is -0.958. The largest absolute Gasteiger partial charge is 0.0808 e. The lowest BCUT2D eigenvalue weighted by Crippen LogP contribution is -2.35. The van der Waals surface area contributed by atoms with E-state index >= 15 is 0 Å². The first-order valence-corrected chi connectivity index (χ1v) is 9.09. The molecule has 80 valence electrons. The Bertz CT molecular complexity index is 240. The van der Waals surface area contributed by atoms with Crippen molar-refractivity contribution in [3.8, 4) is 0 Å². The third-order valence-electron chi connectivity index (χ3n) is 4.98. The van der Waals surface area contributed by atoms with E-state index in [-0.39, 0.29) is 0 Å². The van der Waals surface area contributed by atoms with Gasteiger partial charge in [0.25, 0.3) is 0 Å². The predicted molar refractivity (Wildman–Crippen MR) is 66.2 cm³/mol. The van der Waals surface area contributed by atoms with Crippen LogP contribution in [0.4, 0.5) is 0 Å². The molecule has 0 N–H and O–H groups in total. The topological polar surface area (TPSA) is 0 Å². The van der Waals surface area contributed by atoms with E-state index in [0.717, 1.165) is 5.92 Å². The minimum Gasteiger partial charge on any atom is -0.0808 e. The third-order valence-corrected chi connectivity index (χ3v) is 10.9. The Labute approximate surface area is 89.8 Å². The smallest absolute Gasteiger partial charge is 0.0807 e. The Morgan fingerprint density at radius 1 is 1.07 bits per heavy atom. The van der Waals surface area contributed by atoms with Crippen LogP contribution in [-0.2, 0) is 0 Å². The van der Waals surface area contributed by atoms with Gasteiger partial charge < -0.3 is 0 Å². The van der Waals surface area contributed by atoms with Gasteiger partial charge in [-0.05, 0) is 31.6 Å². The Kier molecular flexibility index (Phi) is 2.87. The number of fused-ring (bicyclic) bond motifs is 2. The summed E-state index contributed by atoms with van der Waals surface area (Å²) in [5.41, 5.74) is 1.92. The quantitative estimate of drug-likeness (QED) is 0.595. The first-order valence-electron chi connectivity index (χ1n) is 6.47. The van der Waals surface area contributed by atoms with Gasteiger partial charge in [0.1, 0.15) is 0 Å². The maximum Gasteiger partial charge on any atom is 0.0807 e. The molecule has 0 spiro atoms. The van der Waals surface area contributed by atoms with Gasteiger partial charge in [0.05, 0.1) is 8.07 Å². The summed E-state index contributed by atoms with van der Waals surface area (Å²) in [6.45, 7) is 7.33. The second-order valence-electron chi connectivity index (χ2n) is 5.24. The molecule has 0 heterocycles. The van der Waals surface area contributed by atoms with Gasteiger partial charge in [-0.1, -0.05) is 49.7 Å². The molecule has 0 radical (unpaired) electrons. The fraction of sp³-hybridized carbons (Fsp3) is 0.846. The van der Waals surface area contributed by atoms with E-state index in [1.165, 1.54) is 43.8 Å². The van der Waals surface area contributed by atoms with Crippen molar-refractivity contribution in [1.82, 2.24) is 0 Å². The lowest BCUT2D eigenvalue weighted by Gasteiger charge is -2.33. The molecular formula is C13H24Si. The average Bonchev–Trinajstić information content (AvgIpc) is 2.83. The van der Waals surface area contributed by atoms with Crippen molar-refractivity contribution in [2.24, 2.45) is 5.92 Å². The first-order chi connectivity index (χ1) is 6.75. The summed E-state index contributed by atoms with van der Waals surface area (Å²) in [5.74, 6) is 1.08. The molecule has 0 aromatic rings. The highest BCUT2D eigenvalue weighted by molar-refractivity contribution is 6.86. The highest BCUT2D eigenvalue weighted by atomic mass is 28.3. The lowest BCUT2D eigenvalue weighted by atomic mass is 10.1. The van der Waals surface area contributed by atoms with Crippen LogP contribution in [-0.4, -0.2) is 8.07 Å². The molecule has 2 bridgehead atoms. The highest BCUT2D eigenvalue weighted by Gasteiger charge is 2.40. The molecule has 0 aromatic carbocycles. The summed E-state index contributed by atoms with van der Waals surface area (Å²) in [7, 11) is -0.958. The zero-order chi connectivity index (χ0) is 10.2. The summed E-state index contributed by atoms with van der Waals surface area (Å²) in [5, 5.41) is 2.03. The van der Waals surface area contributed by atoms with Crippen LogP contribution in [0, 0.1) is 5.92 Å². The van der Waals surface area contributed by atoms with Crippen LogP contribution in [0.1, 0.15) is 46.5 Å². The molecule has 0 nitrogen and oxygen atoms in total. The zero-order valence-corrected chi connectivity index (χ0v) is 11.0. The van der Waals surface area contributed by atoms with Crippen molar-refractivity contribution in [2.45, 2.75) is 64.6 Å². The van der Waals surface area contributed by atoms with E-state index < -0.39 is 8.07 Å². The molecule has 2 aliphatic carbocycles. The van der Waals surface area contributed by atoms with E-state index in [4.69, 9.17) is 0 Å². The molecular weight excluding hydrogens is 184 g/mol. The Morgan fingerprint density at radius 2 is 1.71 bits per heavy atom. The molecule has 0 amide bonds. The summed E-state index contributed by atoms with van der Waals surface area (Å²) < 4.78 is 0. The van der Waals surface area contributed by atoms with Crippen LogP contribution in [0.2, 0.25) is 18.1 Å². The van der Waals surface area contributed by atoms with Crippen LogP contribution in [0.3, 0.4) is 0 Å². The predicted octanol–water partition coefficient (Wildman–Crippen LogP) is 4.53. The van der Waals surface area contributed by atoms with Gasteiger partial charge in [0.2, 0.25) is 0 Å². The van der Waals surface area contributed by atoms with Crippen LogP contribution >= 0.6 is 0 Å². The van der Waals surface area contributed by atoms with E-state index in [2.05, 4.69) is 20.8 Å². The van der Waals surface area contributed by atoms with Crippen molar-refractivity contribution in [3.05, 3.63) is 10.8 Å². The maximum absolute atomic E-state index is 2.44. The van der Waals surface area contributed by atoms with Crippen LogP contribution in [0.15, 0.2) is 10.8 Å². The molecule has 14 heavy (non-hydrogen) atoms. The van der Waals surface area contributed by atoms with E-state index in [9.17, 15) is 0 Å². The van der Waals surface area contributed by atoms with Crippen LogP contribution < -0.4 is 0 Å². The van der Waals surface area contributed by atoms with E-state index in [1.807, 2.05) is 10.8 Å². The van der Waals surface area contributed by atoms with Crippen molar-refractivity contribution in [2.75, 3.05) is 0 Å². The molecule has 1 heteroatoms. The number of rotatable bonds is 4. The summed E-state index contributed by atoms with van der Waals surface area (Å²) in [6, 6.07) is 4.47. The first kappa shape index (κ1) is 10.5. The molecule has 1 fully saturated rings. The third kappa shape index (κ3) is 1.41. The van der Waals surface area contributed by atoms with Crippen molar-refractivity contribution in [3.63, 3.8) is 0 Å². The second-order valence-corrected chi connectivity index (χ2v) is 10.5. The summed E-state index contributed by atoms with van der Waals surface area (Å²) >= 11 is 0. The molecule has 2 rings (SSSR count). The molecule has 2 aliphatic rings. The van der Waals surface area contributed by atoms with E-state index in [0.29, 0.717) is 0 Å². The molecule has 1 saturated carbocycles. The van der Waals surface area contributed by atoms with Gasteiger partial charge in [-0.25, -0.2) is 0 Å². The standard InChI is InChI=1S/C13H24Si/c1-4-14(5-2,6-3)13-10-11-7-8-12(13)9-11/h11H,4-10H2,1-3H3. The number of hydrogen-bond acceptors (Lipinski definition) is 0. The second kappa shape index (κ2) is 3.84. The minimum absolute atomic E-state index is 0.958. The maximum atomic E-state index is 2.44. The highest BCUT2D eigenvalue weighted by Crippen LogP contribution is 2.49. The van der Waals surface area contributed by atoms with E-state index in [1.54, 1.807) is 0 Å². The monoisotopic (exact) mass is 208 g/mol. The molecule has 1 unspecified atom stereocenters. The fourth-order valence-electron chi connectivity index (χ4n) is 3.79. The van der Waals surface area contributed by atoms with Crippen LogP contribution in [0.25, 0.3) is 0 Å². The van der Waals surface area contributed by atoms with Crippen molar-refractivity contribution >= 4 is 8.07 Å². The zero-order valence-electron chi connectivity index (χ0n) is 10.0. The Balaban J connectivity index is 2.28. The number of allylic oxidation sites excluding steroid dienone is 2. The summed E-state index contributed by atoms with van der Waals surface area (Å²) in [4.78, 5) is 0.